The van der Waals surface area contributed by atoms with Crippen LogP contribution in [0.5, 0.6) is 0 Å². The Kier molecular flexibility index (Phi) is 9.58. The molecule has 3 rings (SSSR count). The molecule has 0 N–H and O–H groups in total. The van der Waals surface area contributed by atoms with Gasteiger partial charge in [-0.1, -0.05) is 90.9 Å². The zero-order valence-electron chi connectivity index (χ0n) is 20.3. The number of esters is 1. The van der Waals surface area contributed by atoms with E-state index in [-0.39, 0.29) is 16.8 Å². The van der Waals surface area contributed by atoms with Gasteiger partial charge in [-0.3, -0.25) is 4.79 Å². The zero-order chi connectivity index (χ0) is 21.3. The molecule has 3 fully saturated rings. The molecule has 0 amide bonds. The zero-order valence-corrected chi connectivity index (χ0v) is 20.3. The minimum Gasteiger partial charge on any atom is -0.465 e. The summed E-state index contributed by atoms with van der Waals surface area (Å²) in [6.07, 6.45) is 25.7. The molecule has 0 radical (unpaired) electrons. The highest BCUT2D eigenvalue weighted by Crippen LogP contribution is 2.61. The number of unbranched alkanes of at least 4 members (excludes halogenated alkanes) is 3. The van der Waals surface area contributed by atoms with Gasteiger partial charge in [-0.2, -0.15) is 0 Å². The lowest BCUT2D eigenvalue weighted by Crippen LogP contribution is -2.52. The van der Waals surface area contributed by atoms with Crippen LogP contribution in [0.3, 0.4) is 0 Å². The Morgan fingerprint density at radius 1 is 0.733 bits per heavy atom. The highest BCUT2D eigenvalue weighted by atomic mass is 16.5. The first-order valence-corrected chi connectivity index (χ1v) is 13.8. The maximum atomic E-state index is 13.7. The predicted octanol–water partition coefficient (Wildman–Crippen LogP) is 8.62. The average Bonchev–Trinajstić information content (AvgIpc) is 2.80. The monoisotopic (exact) mass is 418 g/mol. The summed E-state index contributed by atoms with van der Waals surface area (Å²) in [6, 6.07) is 0. The van der Waals surface area contributed by atoms with E-state index >= 15 is 0 Å². The summed E-state index contributed by atoms with van der Waals surface area (Å²) in [5.74, 6) is 2.11. The van der Waals surface area contributed by atoms with Gasteiger partial charge in [-0.15, -0.1) is 0 Å². The number of ether oxygens (including phenoxy) is 1. The summed E-state index contributed by atoms with van der Waals surface area (Å²) in [7, 11) is 0. The number of hydrogen-bond acceptors (Lipinski definition) is 2. The first-order valence-electron chi connectivity index (χ1n) is 13.8. The molecule has 0 bridgehead atoms. The second-order valence-corrected chi connectivity index (χ2v) is 11.1. The Balaban J connectivity index is 1.69. The fourth-order valence-electron chi connectivity index (χ4n) is 7.65. The molecule has 3 aliphatic rings. The van der Waals surface area contributed by atoms with Gasteiger partial charge in [0.2, 0.25) is 0 Å². The van der Waals surface area contributed by atoms with Crippen molar-refractivity contribution >= 4 is 5.97 Å². The summed E-state index contributed by atoms with van der Waals surface area (Å²) in [5, 5.41) is 0. The van der Waals surface area contributed by atoms with Crippen molar-refractivity contribution in [2.24, 2.45) is 22.7 Å². The van der Waals surface area contributed by atoms with E-state index in [1.54, 1.807) is 0 Å². The third kappa shape index (κ3) is 5.44. The van der Waals surface area contributed by atoms with Crippen LogP contribution in [0.4, 0.5) is 0 Å². The molecule has 174 valence electrons. The first-order chi connectivity index (χ1) is 14.7. The Hall–Kier alpha value is -0.530. The summed E-state index contributed by atoms with van der Waals surface area (Å²) >= 11 is 0. The minimum absolute atomic E-state index is 0.177. The van der Waals surface area contributed by atoms with Crippen LogP contribution in [-0.4, -0.2) is 12.6 Å². The number of hydrogen-bond donors (Lipinski definition) is 0. The molecule has 3 saturated carbocycles. The summed E-state index contributed by atoms with van der Waals surface area (Å²) in [5.41, 5.74) is 0.0391. The topological polar surface area (TPSA) is 26.3 Å². The number of rotatable bonds is 10. The van der Waals surface area contributed by atoms with Crippen molar-refractivity contribution in [3.8, 4) is 0 Å². The van der Waals surface area contributed by atoms with Crippen LogP contribution in [0.25, 0.3) is 0 Å². The van der Waals surface area contributed by atoms with Crippen molar-refractivity contribution in [1.82, 2.24) is 0 Å². The average molecular weight is 419 g/mol. The van der Waals surface area contributed by atoms with E-state index in [2.05, 4.69) is 13.8 Å². The maximum absolute atomic E-state index is 13.7. The first kappa shape index (κ1) is 24.1. The quantitative estimate of drug-likeness (QED) is 0.262. The number of carbonyl (C=O) groups is 1. The van der Waals surface area contributed by atoms with Crippen molar-refractivity contribution in [1.29, 1.82) is 0 Å². The lowest BCUT2D eigenvalue weighted by atomic mass is 9.49. The fourth-order valence-corrected chi connectivity index (χ4v) is 7.65. The summed E-state index contributed by atoms with van der Waals surface area (Å²) in [4.78, 5) is 13.7. The summed E-state index contributed by atoms with van der Waals surface area (Å²) in [6.45, 7) is 5.22. The molecule has 0 aromatic rings. The van der Waals surface area contributed by atoms with Crippen molar-refractivity contribution in [2.75, 3.05) is 6.61 Å². The highest BCUT2D eigenvalue weighted by molar-refractivity contribution is 5.78. The van der Waals surface area contributed by atoms with Crippen molar-refractivity contribution in [2.45, 2.75) is 142 Å². The van der Waals surface area contributed by atoms with Crippen LogP contribution in [0.2, 0.25) is 0 Å². The molecule has 0 saturated heterocycles. The van der Waals surface area contributed by atoms with Crippen LogP contribution >= 0.6 is 0 Å². The second-order valence-electron chi connectivity index (χ2n) is 11.1. The Bertz CT molecular complexity index is 491. The van der Waals surface area contributed by atoms with Crippen LogP contribution in [0, 0.1) is 22.7 Å². The molecule has 0 aromatic heterocycles. The Morgan fingerprint density at radius 2 is 1.37 bits per heavy atom. The van der Waals surface area contributed by atoms with Gasteiger partial charge in [0, 0.05) is 0 Å². The van der Waals surface area contributed by atoms with Gasteiger partial charge in [0.25, 0.3) is 0 Å². The largest absolute Gasteiger partial charge is 0.465 e. The fraction of sp³-hybridized carbons (Fsp3) is 0.964. The molecular formula is C28H50O2. The van der Waals surface area contributed by atoms with E-state index in [1.807, 2.05) is 0 Å². The molecule has 0 spiro atoms. The second kappa shape index (κ2) is 11.9. The standard InChI is InChI=1S/C28H50O2/c1-3-5-6-13-23-30-26(29)28(19-11-8-12-20-28)27(18-4-2)21-16-25(17-22-27)24-14-9-7-10-15-24/h24-25H,3-23H2,1-2H3. The van der Waals surface area contributed by atoms with E-state index in [9.17, 15) is 4.79 Å². The molecule has 3 aliphatic carbocycles. The molecule has 2 heteroatoms. The maximum Gasteiger partial charge on any atom is 0.312 e. The van der Waals surface area contributed by atoms with Crippen molar-refractivity contribution in [3.63, 3.8) is 0 Å². The van der Waals surface area contributed by atoms with E-state index in [1.165, 1.54) is 109 Å². The van der Waals surface area contributed by atoms with Gasteiger partial charge in [0.05, 0.1) is 12.0 Å². The van der Waals surface area contributed by atoms with Crippen LogP contribution in [0.15, 0.2) is 0 Å². The predicted molar refractivity (Wildman–Crippen MR) is 126 cm³/mol. The molecular weight excluding hydrogens is 368 g/mol. The molecule has 0 unspecified atom stereocenters. The molecule has 30 heavy (non-hydrogen) atoms. The van der Waals surface area contributed by atoms with Gasteiger partial charge < -0.3 is 4.74 Å². The van der Waals surface area contributed by atoms with Gasteiger partial charge in [-0.05, 0) is 68.6 Å². The van der Waals surface area contributed by atoms with Gasteiger partial charge >= 0.3 is 5.97 Å². The third-order valence-corrected chi connectivity index (χ3v) is 9.38. The van der Waals surface area contributed by atoms with E-state index in [4.69, 9.17) is 4.74 Å². The van der Waals surface area contributed by atoms with Crippen molar-refractivity contribution < 1.29 is 9.53 Å². The lowest BCUT2D eigenvalue weighted by Gasteiger charge is -2.55. The Morgan fingerprint density at radius 3 is 2.00 bits per heavy atom. The normalized spacial score (nSPS) is 30.1. The molecule has 0 aliphatic heterocycles. The van der Waals surface area contributed by atoms with Gasteiger partial charge in [0.1, 0.15) is 0 Å². The van der Waals surface area contributed by atoms with Crippen LogP contribution in [-0.2, 0) is 9.53 Å². The van der Waals surface area contributed by atoms with Crippen LogP contribution < -0.4 is 0 Å². The molecule has 0 atom stereocenters. The summed E-state index contributed by atoms with van der Waals surface area (Å²) < 4.78 is 6.06. The third-order valence-electron chi connectivity index (χ3n) is 9.38. The van der Waals surface area contributed by atoms with Gasteiger partial charge in [0.15, 0.2) is 0 Å². The minimum atomic E-state index is -0.177. The van der Waals surface area contributed by atoms with E-state index in [0.717, 1.165) is 31.1 Å². The highest BCUT2D eigenvalue weighted by Gasteiger charge is 2.57. The van der Waals surface area contributed by atoms with Crippen molar-refractivity contribution in [3.05, 3.63) is 0 Å². The Labute approximate surface area is 187 Å². The molecule has 2 nitrogen and oxygen atoms in total. The smallest absolute Gasteiger partial charge is 0.312 e. The molecule has 0 heterocycles. The van der Waals surface area contributed by atoms with Crippen LogP contribution in [0.1, 0.15) is 142 Å². The lowest BCUT2D eigenvalue weighted by molar-refractivity contribution is -0.175. The van der Waals surface area contributed by atoms with Gasteiger partial charge in [-0.25, -0.2) is 0 Å². The van der Waals surface area contributed by atoms with E-state index < -0.39 is 0 Å². The molecule has 0 aromatic carbocycles. The number of carbonyl (C=O) groups excluding carboxylic acids is 1. The SMILES string of the molecule is CCCCCCOC(=O)C1(C2(CCC)CCC(C3CCCCC3)CC2)CCCCC1. The van der Waals surface area contributed by atoms with E-state index in [0.29, 0.717) is 6.61 Å².